The lowest BCUT2D eigenvalue weighted by atomic mass is 9.73. The summed E-state index contributed by atoms with van der Waals surface area (Å²) in [5.74, 6) is -0.861. The number of rotatable bonds is 3. The van der Waals surface area contributed by atoms with Crippen molar-refractivity contribution in [3.05, 3.63) is 65.2 Å². The Hall–Kier alpha value is -3.00. The minimum Gasteiger partial charge on any atom is -0.450 e. The third kappa shape index (κ3) is 4.19. The molecule has 2 aromatic carbocycles. The molecule has 0 radical (unpaired) electrons. The molecule has 6 rings (SSSR count). The summed E-state index contributed by atoms with van der Waals surface area (Å²) < 4.78 is 33.2. The van der Waals surface area contributed by atoms with E-state index in [1.807, 2.05) is 11.8 Å². The first-order valence-electron chi connectivity index (χ1n) is 13.4. The summed E-state index contributed by atoms with van der Waals surface area (Å²) in [5, 5.41) is 0. The van der Waals surface area contributed by atoms with Crippen LogP contribution < -0.4 is 4.90 Å². The molecule has 4 aliphatic rings. The molecule has 0 aromatic heterocycles. The number of amides is 2. The molecular formula is C29H33F2N3O3. The second-order valence-corrected chi connectivity index (χ2v) is 11.0. The number of piperidine rings is 2. The van der Waals surface area contributed by atoms with Gasteiger partial charge in [-0.2, -0.15) is 0 Å². The quantitative estimate of drug-likeness (QED) is 0.577. The minimum atomic E-state index is -0.384. The van der Waals surface area contributed by atoms with Gasteiger partial charge in [0.05, 0.1) is 6.61 Å². The van der Waals surface area contributed by atoms with E-state index in [-0.39, 0.29) is 41.1 Å². The molecule has 0 aliphatic carbocycles. The lowest BCUT2D eigenvalue weighted by molar-refractivity contribution is 0.0281. The molecule has 2 amide bonds. The number of hydrogen-bond acceptors (Lipinski definition) is 4. The van der Waals surface area contributed by atoms with Gasteiger partial charge in [0.15, 0.2) is 0 Å². The van der Waals surface area contributed by atoms with E-state index in [0.29, 0.717) is 24.8 Å². The van der Waals surface area contributed by atoms with E-state index in [0.717, 1.165) is 62.9 Å². The summed E-state index contributed by atoms with van der Waals surface area (Å²) in [5.41, 5.74) is 1.79. The molecule has 2 unspecified atom stereocenters. The maximum absolute atomic E-state index is 14.4. The number of carbonyl (C=O) groups is 2. The maximum Gasteiger partial charge on any atom is 0.410 e. The van der Waals surface area contributed by atoms with E-state index in [2.05, 4.69) is 4.90 Å². The van der Waals surface area contributed by atoms with E-state index < -0.39 is 0 Å². The van der Waals surface area contributed by atoms with Crippen LogP contribution in [0.1, 0.15) is 61.4 Å². The van der Waals surface area contributed by atoms with Gasteiger partial charge in [-0.3, -0.25) is 4.79 Å². The molecule has 3 saturated heterocycles. The maximum atomic E-state index is 14.4. The van der Waals surface area contributed by atoms with Crippen molar-refractivity contribution in [3.63, 3.8) is 0 Å². The van der Waals surface area contributed by atoms with Gasteiger partial charge in [0.2, 0.25) is 0 Å². The number of ether oxygens (including phenoxy) is 1. The normalized spacial score (nSPS) is 26.4. The zero-order valence-electron chi connectivity index (χ0n) is 21.2. The number of likely N-dealkylation sites (tertiary alicyclic amines) is 1. The highest BCUT2D eigenvalue weighted by Crippen LogP contribution is 2.49. The van der Waals surface area contributed by atoms with Gasteiger partial charge in [0, 0.05) is 41.3 Å². The number of carbonyl (C=O) groups excluding carboxylic acids is 2. The third-order valence-corrected chi connectivity index (χ3v) is 9.08. The van der Waals surface area contributed by atoms with Crippen molar-refractivity contribution in [1.29, 1.82) is 0 Å². The molecule has 4 heterocycles. The van der Waals surface area contributed by atoms with Crippen molar-refractivity contribution in [2.75, 3.05) is 31.1 Å². The predicted octanol–water partition coefficient (Wildman–Crippen LogP) is 5.11. The zero-order valence-corrected chi connectivity index (χ0v) is 21.2. The number of fused-ring (bicyclic) bond motifs is 4. The largest absolute Gasteiger partial charge is 0.450 e. The smallest absolute Gasteiger partial charge is 0.410 e. The van der Waals surface area contributed by atoms with E-state index >= 15 is 0 Å². The number of anilines is 1. The molecule has 0 N–H and O–H groups in total. The van der Waals surface area contributed by atoms with Crippen molar-refractivity contribution in [2.45, 2.75) is 69.0 Å². The fraction of sp³-hybridized carbons (Fsp3) is 0.517. The van der Waals surface area contributed by atoms with Gasteiger partial charge < -0.3 is 19.4 Å². The number of benzene rings is 2. The fourth-order valence-corrected chi connectivity index (χ4v) is 7.26. The molecule has 2 atom stereocenters. The first kappa shape index (κ1) is 24.3. The van der Waals surface area contributed by atoms with Crippen LogP contribution in [0, 0.1) is 11.6 Å². The van der Waals surface area contributed by atoms with Crippen molar-refractivity contribution >= 4 is 17.7 Å². The van der Waals surface area contributed by atoms with Crippen LogP contribution in [0.4, 0.5) is 19.3 Å². The van der Waals surface area contributed by atoms with Crippen LogP contribution in [0.3, 0.4) is 0 Å². The first-order chi connectivity index (χ1) is 17.9. The van der Waals surface area contributed by atoms with E-state index in [4.69, 9.17) is 4.74 Å². The van der Waals surface area contributed by atoms with Crippen molar-refractivity contribution in [2.24, 2.45) is 0 Å². The molecule has 6 nitrogen and oxygen atoms in total. The van der Waals surface area contributed by atoms with Crippen LogP contribution in [-0.2, 0) is 10.2 Å². The van der Waals surface area contributed by atoms with Crippen LogP contribution in [0.15, 0.2) is 42.5 Å². The fourth-order valence-electron chi connectivity index (χ4n) is 7.26. The third-order valence-electron chi connectivity index (χ3n) is 9.08. The van der Waals surface area contributed by atoms with Crippen molar-refractivity contribution < 1.29 is 23.1 Å². The van der Waals surface area contributed by atoms with E-state index in [1.54, 1.807) is 17.0 Å². The van der Waals surface area contributed by atoms with Gasteiger partial charge >= 0.3 is 6.09 Å². The molecule has 8 heteroatoms. The average molecular weight is 510 g/mol. The summed E-state index contributed by atoms with van der Waals surface area (Å²) in [6.07, 6.45) is 5.48. The Morgan fingerprint density at radius 2 is 1.59 bits per heavy atom. The van der Waals surface area contributed by atoms with Crippen LogP contribution >= 0.6 is 0 Å². The Morgan fingerprint density at radius 3 is 2.24 bits per heavy atom. The molecular weight excluding hydrogens is 476 g/mol. The molecule has 196 valence electrons. The molecule has 37 heavy (non-hydrogen) atoms. The highest BCUT2D eigenvalue weighted by atomic mass is 19.1. The average Bonchev–Trinajstić information content (AvgIpc) is 3.35. The second kappa shape index (κ2) is 9.39. The summed E-state index contributed by atoms with van der Waals surface area (Å²) >= 11 is 0. The molecule has 2 aromatic rings. The number of hydrogen-bond donors (Lipinski definition) is 0. The molecule has 0 saturated carbocycles. The van der Waals surface area contributed by atoms with Crippen molar-refractivity contribution in [3.8, 4) is 0 Å². The monoisotopic (exact) mass is 509 g/mol. The highest BCUT2D eigenvalue weighted by Gasteiger charge is 2.50. The first-order valence-corrected chi connectivity index (χ1v) is 13.4. The van der Waals surface area contributed by atoms with E-state index in [1.165, 1.54) is 30.3 Å². The lowest BCUT2D eigenvalue weighted by Crippen LogP contribution is -2.55. The summed E-state index contributed by atoms with van der Waals surface area (Å²) in [7, 11) is 0. The molecule has 2 bridgehead atoms. The number of halogens is 2. The predicted molar refractivity (Wildman–Crippen MR) is 136 cm³/mol. The van der Waals surface area contributed by atoms with Gasteiger partial charge in [-0.05, 0) is 107 Å². The molecule has 1 spiro atoms. The molecule has 4 aliphatic heterocycles. The van der Waals surface area contributed by atoms with Gasteiger partial charge in [-0.15, -0.1) is 0 Å². The van der Waals surface area contributed by atoms with Crippen LogP contribution in [0.2, 0.25) is 0 Å². The Bertz CT molecular complexity index is 1180. The van der Waals surface area contributed by atoms with Crippen LogP contribution in [0.5, 0.6) is 0 Å². The summed E-state index contributed by atoms with van der Waals surface area (Å²) in [4.78, 5) is 32.1. The summed E-state index contributed by atoms with van der Waals surface area (Å²) in [6.45, 7) is 4.49. The SMILES string of the molecule is CCOC(=O)N1C2CCC1CC(N1CCC3(CC1)CN(C(=O)c1ccc(F)cc1)c1ccc(F)cc13)C2. The lowest BCUT2D eigenvalue weighted by Gasteiger charge is -2.47. The van der Waals surface area contributed by atoms with Crippen LogP contribution in [0.25, 0.3) is 0 Å². The minimum absolute atomic E-state index is 0.179. The Kier molecular flexibility index (Phi) is 6.18. The zero-order chi connectivity index (χ0) is 25.7. The Labute approximate surface area is 216 Å². The van der Waals surface area contributed by atoms with Gasteiger partial charge in [-0.1, -0.05) is 0 Å². The molecule has 3 fully saturated rings. The summed E-state index contributed by atoms with van der Waals surface area (Å²) in [6, 6.07) is 11.2. The van der Waals surface area contributed by atoms with Gasteiger partial charge in [0.25, 0.3) is 5.91 Å². The standard InChI is InChI=1S/C29H33F2N3O3/c1-2-37-28(36)34-22-8-9-23(34)17-24(16-22)32-13-11-29(12-14-32)18-33(26-10-7-21(31)15-25(26)29)27(35)19-3-5-20(30)6-4-19/h3-7,10,15,22-24H,2,8-9,11-14,16-18H2,1H3. The Morgan fingerprint density at radius 1 is 0.946 bits per heavy atom. The number of nitrogens with zero attached hydrogens (tertiary/aromatic N) is 3. The van der Waals surface area contributed by atoms with Gasteiger partial charge in [-0.25, -0.2) is 13.6 Å². The van der Waals surface area contributed by atoms with Crippen LogP contribution in [-0.4, -0.2) is 66.2 Å². The second-order valence-electron chi connectivity index (χ2n) is 11.0. The highest BCUT2D eigenvalue weighted by molar-refractivity contribution is 6.07. The van der Waals surface area contributed by atoms with E-state index in [9.17, 15) is 18.4 Å². The van der Waals surface area contributed by atoms with Crippen molar-refractivity contribution in [1.82, 2.24) is 9.80 Å². The topological polar surface area (TPSA) is 53.1 Å². The Balaban J connectivity index is 1.18. The van der Waals surface area contributed by atoms with Gasteiger partial charge in [0.1, 0.15) is 11.6 Å².